The first-order valence-electron chi connectivity index (χ1n) is 7.96. The van der Waals surface area contributed by atoms with E-state index in [1.807, 2.05) is 30.3 Å². The van der Waals surface area contributed by atoms with Crippen molar-refractivity contribution in [1.82, 2.24) is 0 Å². The van der Waals surface area contributed by atoms with Crippen LogP contribution >= 0.6 is 0 Å². The number of hydrogen-bond donors (Lipinski definition) is 1. The summed E-state index contributed by atoms with van der Waals surface area (Å²) < 4.78 is 11.1. The molecule has 0 saturated carbocycles. The summed E-state index contributed by atoms with van der Waals surface area (Å²) in [7, 11) is 0. The van der Waals surface area contributed by atoms with E-state index >= 15 is 0 Å². The van der Waals surface area contributed by atoms with Gasteiger partial charge in [-0.2, -0.15) is 0 Å². The third-order valence-electron chi connectivity index (χ3n) is 3.14. The van der Waals surface area contributed by atoms with E-state index in [-0.39, 0.29) is 5.91 Å². The van der Waals surface area contributed by atoms with E-state index in [1.165, 1.54) is 0 Å². The van der Waals surface area contributed by atoms with Crippen molar-refractivity contribution >= 4 is 11.6 Å². The number of amides is 1. The second-order valence-electron chi connectivity index (χ2n) is 5.81. The van der Waals surface area contributed by atoms with Gasteiger partial charge in [0.25, 0.3) is 5.91 Å². The van der Waals surface area contributed by atoms with E-state index in [4.69, 9.17) is 9.47 Å². The van der Waals surface area contributed by atoms with Crippen molar-refractivity contribution in [3.05, 3.63) is 66.7 Å². The summed E-state index contributed by atoms with van der Waals surface area (Å²) in [5, 5.41) is 2.87. The smallest absolute Gasteiger partial charge is 0.255 e. The molecule has 0 heterocycles. The lowest BCUT2D eigenvalue weighted by atomic mass is 10.2. The van der Waals surface area contributed by atoms with Gasteiger partial charge in [-0.15, -0.1) is 0 Å². The van der Waals surface area contributed by atoms with E-state index in [0.717, 1.165) is 0 Å². The van der Waals surface area contributed by atoms with Gasteiger partial charge in [-0.1, -0.05) is 38.6 Å². The van der Waals surface area contributed by atoms with E-state index in [1.54, 1.807) is 24.3 Å². The SMILES string of the molecule is C=CCOc1cccc(NC(=O)c2cccc(OCC(C)C)c2)c1. The van der Waals surface area contributed by atoms with Crippen LogP contribution in [-0.4, -0.2) is 19.1 Å². The summed E-state index contributed by atoms with van der Waals surface area (Å²) in [6.45, 7) is 8.82. The Morgan fingerprint density at radius 1 is 1.12 bits per heavy atom. The van der Waals surface area contributed by atoms with E-state index in [2.05, 4.69) is 25.7 Å². The molecule has 0 fully saturated rings. The Balaban J connectivity index is 2.04. The van der Waals surface area contributed by atoms with Gasteiger partial charge in [0, 0.05) is 17.3 Å². The van der Waals surface area contributed by atoms with Gasteiger partial charge in [-0.05, 0) is 36.2 Å². The third kappa shape index (κ3) is 5.47. The van der Waals surface area contributed by atoms with Crippen molar-refractivity contribution in [2.75, 3.05) is 18.5 Å². The molecule has 0 spiro atoms. The van der Waals surface area contributed by atoms with Gasteiger partial charge in [0.2, 0.25) is 0 Å². The van der Waals surface area contributed by atoms with Crippen LogP contribution < -0.4 is 14.8 Å². The molecule has 0 bridgehead atoms. The van der Waals surface area contributed by atoms with E-state index < -0.39 is 0 Å². The molecule has 1 amide bonds. The predicted octanol–water partition coefficient (Wildman–Crippen LogP) is 4.54. The van der Waals surface area contributed by atoms with Crippen LogP contribution in [0.15, 0.2) is 61.2 Å². The van der Waals surface area contributed by atoms with Gasteiger partial charge < -0.3 is 14.8 Å². The van der Waals surface area contributed by atoms with E-state index in [9.17, 15) is 4.79 Å². The van der Waals surface area contributed by atoms with Gasteiger partial charge in [0.15, 0.2) is 0 Å². The van der Waals surface area contributed by atoms with Crippen LogP contribution in [0.5, 0.6) is 11.5 Å². The zero-order valence-corrected chi connectivity index (χ0v) is 14.1. The highest BCUT2D eigenvalue weighted by Gasteiger charge is 2.08. The summed E-state index contributed by atoms with van der Waals surface area (Å²) in [5.41, 5.74) is 1.23. The molecule has 24 heavy (non-hydrogen) atoms. The van der Waals surface area contributed by atoms with Crippen LogP contribution in [0, 0.1) is 5.92 Å². The summed E-state index contributed by atoms with van der Waals surface area (Å²) >= 11 is 0. The molecule has 0 atom stereocenters. The zero-order chi connectivity index (χ0) is 17.4. The fourth-order valence-corrected chi connectivity index (χ4v) is 2.01. The molecule has 2 aromatic carbocycles. The molecule has 0 aliphatic heterocycles. The van der Waals surface area contributed by atoms with E-state index in [0.29, 0.717) is 41.9 Å². The minimum Gasteiger partial charge on any atom is -0.493 e. The number of nitrogens with one attached hydrogen (secondary N) is 1. The molecule has 0 aliphatic rings. The Morgan fingerprint density at radius 2 is 1.83 bits per heavy atom. The quantitative estimate of drug-likeness (QED) is 0.725. The maximum absolute atomic E-state index is 12.4. The minimum atomic E-state index is -0.189. The molecule has 0 saturated heterocycles. The second-order valence-corrected chi connectivity index (χ2v) is 5.81. The highest BCUT2D eigenvalue weighted by Crippen LogP contribution is 2.19. The lowest BCUT2D eigenvalue weighted by molar-refractivity contribution is 0.102. The van der Waals surface area contributed by atoms with Crippen molar-refractivity contribution in [2.24, 2.45) is 5.92 Å². The number of rotatable bonds is 8. The third-order valence-corrected chi connectivity index (χ3v) is 3.14. The first-order valence-corrected chi connectivity index (χ1v) is 7.96. The number of ether oxygens (including phenoxy) is 2. The topological polar surface area (TPSA) is 47.6 Å². The molecular formula is C20H23NO3. The summed E-state index contributed by atoms with van der Waals surface area (Å²) in [5.74, 6) is 1.62. The maximum atomic E-state index is 12.4. The van der Waals surface area contributed by atoms with Crippen molar-refractivity contribution < 1.29 is 14.3 Å². The standard InChI is InChI=1S/C20H23NO3/c1-4-11-23-19-10-6-8-17(13-19)21-20(22)16-7-5-9-18(12-16)24-14-15(2)3/h4-10,12-13,15H,1,11,14H2,2-3H3,(H,21,22). The Kier molecular flexibility index (Phi) is 6.43. The molecule has 2 aromatic rings. The summed E-state index contributed by atoms with van der Waals surface area (Å²) in [4.78, 5) is 12.4. The molecule has 1 N–H and O–H groups in total. The number of hydrogen-bond acceptors (Lipinski definition) is 3. The van der Waals surface area contributed by atoms with Gasteiger partial charge in [-0.25, -0.2) is 0 Å². The van der Waals surface area contributed by atoms with Crippen LogP contribution in [0.4, 0.5) is 5.69 Å². The average molecular weight is 325 g/mol. The Morgan fingerprint density at radius 3 is 2.54 bits per heavy atom. The van der Waals surface area contributed by atoms with Gasteiger partial charge >= 0.3 is 0 Å². The van der Waals surface area contributed by atoms with Crippen LogP contribution in [-0.2, 0) is 0 Å². The molecule has 0 radical (unpaired) electrons. The highest BCUT2D eigenvalue weighted by molar-refractivity contribution is 6.04. The maximum Gasteiger partial charge on any atom is 0.255 e. The number of anilines is 1. The fourth-order valence-electron chi connectivity index (χ4n) is 2.01. The zero-order valence-electron chi connectivity index (χ0n) is 14.1. The average Bonchev–Trinajstić information content (AvgIpc) is 2.58. The molecule has 126 valence electrons. The summed E-state index contributed by atoms with van der Waals surface area (Å²) in [6, 6.07) is 14.4. The van der Waals surface area contributed by atoms with Crippen molar-refractivity contribution in [1.29, 1.82) is 0 Å². The molecule has 2 rings (SSSR count). The monoisotopic (exact) mass is 325 g/mol. The summed E-state index contributed by atoms with van der Waals surface area (Å²) in [6.07, 6.45) is 1.67. The van der Waals surface area contributed by atoms with Crippen LogP contribution in [0.3, 0.4) is 0 Å². The molecule has 0 unspecified atom stereocenters. The number of carbonyl (C=O) groups excluding carboxylic acids is 1. The largest absolute Gasteiger partial charge is 0.493 e. The first-order chi connectivity index (χ1) is 11.6. The number of carbonyl (C=O) groups is 1. The van der Waals surface area contributed by atoms with Gasteiger partial charge in [-0.3, -0.25) is 4.79 Å². The fraction of sp³-hybridized carbons (Fsp3) is 0.250. The Hall–Kier alpha value is -2.75. The lowest BCUT2D eigenvalue weighted by Gasteiger charge is -2.11. The normalized spacial score (nSPS) is 10.3. The van der Waals surface area contributed by atoms with Gasteiger partial charge in [0.1, 0.15) is 18.1 Å². The predicted molar refractivity (Wildman–Crippen MR) is 96.9 cm³/mol. The first kappa shape index (κ1) is 17.6. The molecule has 4 nitrogen and oxygen atoms in total. The molecular weight excluding hydrogens is 302 g/mol. The Labute approximate surface area is 143 Å². The molecule has 0 aliphatic carbocycles. The minimum absolute atomic E-state index is 0.189. The second kappa shape index (κ2) is 8.77. The van der Waals surface area contributed by atoms with Crippen molar-refractivity contribution in [3.8, 4) is 11.5 Å². The number of benzene rings is 2. The van der Waals surface area contributed by atoms with Gasteiger partial charge in [0.05, 0.1) is 6.61 Å². The van der Waals surface area contributed by atoms with Crippen molar-refractivity contribution in [3.63, 3.8) is 0 Å². The van der Waals surface area contributed by atoms with Crippen LogP contribution in [0.25, 0.3) is 0 Å². The van der Waals surface area contributed by atoms with Crippen LogP contribution in [0.1, 0.15) is 24.2 Å². The lowest BCUT2D eigenvalue weighted by Crippen LogP contribution is -2.12. The highest BCUT2D eigenvalue weighted by atomic mass is 16.5. The van der Waals surface area contributed by atoms with Crippen molar-refractivity contribution in [2.45, 2.75) is 13.8 Å². The Bertz CT molecular complexity index is 695. The molecule has 0 aromatic heterocycles. The van der Waals surface area contributed by atoms with Crippen LogP contribution in [0.2, 0.25) is 0 Å². The molecule has 4 heteroatoms.